The summed E-state index contributed by atoms with van der Waals surface area (Å²) in [5.74, 6) is -0.655. The van der Waals surface area contributed by atoms with Crippen molar-refractivity contribution in [2.24, 2.45) is 10.8 Å². The fraction of sp³-hybridized carbons (Fsp3) is 0.647. The minimum absolute atomic E-state index is 0.0494. The Hall–Kier alpha value is -1.10. The third-order valence-electron chi connectivity index (χ3n) is 5.71. The van der Waals surface area contributed by atoms with Crippen LogP contribution in [0.1, 0.15) is 45.6 Å². The standard InChI is InChI=1S/C17H22O4/c1-14(2)7-8-15(3)11-19-17(16(15,10-14)20-21-17)12-5-4-6-13(18)9-12/h4-6,9,18H,7-8,10-11H2,1-3H3/t15-,16+,17+/m1/s1. The molecule has 1 saturated carbocycles. The highest BCUT2D eigenvalue weighted by Gasteiger charge is 2.80. The van der Waals surface area contributed by atoms with E-state index in [1.54, 1.807) is 12.1 Å². The van der Waals surface area contributed by atoms with Crippen LogP contribution in [0.3, 0.4) is 0 Å². The summed E-state index contributed by atoms with van der Waals surface area (Å²) in [6.07, 6.45) is 3.12. The van der Waals surface area contributed by atoms with E-state index in [4.69, 9.17) is 14.5 Å². The minimum atomic E-state index is -0.877. The zero-order valence-electron chi connectivity index (χ0n) is 12.8. The number of hydrogen-bond donors (Lipinski definition) is 1. The van der Waals surface area contributed by atoms with Crippen LogP contribution in [-0.2, 0) is 20.3 Å². The normalized spacial score (nSPS) is 43.8. The Balaban J connectivity index is 1.84. The molecule has 1 aromatic rings. The summed E-state index contributed by atoms with van der Waals surface area (Å²) in [4.78, 5) is 11.3. The van der Waals surface area contributed by atoms with E-state index in [0.717, 1.165) is 24.8 Å². The van der Waals surface area contributed by atoms with E-state index in [2.05, 4.69) is 20.8 Å². The van der Waals surface area contributed by atoms with Crippen molar-refractivity contribution < 1.29 is 19.6 Å². The lowest BCUT2D eigenvalue weighted by Crippen LogP contribution is -2.70. The van der Waals surface area contributed by atoms with Gasteiger partial charge < -0.3 is 9.84 Å². The maximum atomic E-state index is 9.81. The fourth-order valence-electron chi connectivity index (χ4n) is 4.32. The summed E-state index contributed by atoms with van der Waals surface area (Å²) >= 11 is 0. The molecule has 1 aromatic carbocycles. The highest BCUT2D eigenvalue weighted by Crippen LogP contribution is 2.70. The highest BCUT2D eigenvalue weighted by atomic mass is 17.3. The summed E-state index contributed by atoms with van der Waals surface area (Å²) in [5.41, 5.74) is 0.524. The van der Waals surface area contributed by atoms with Crippen LogP contribution in [0.25, 0.3) is 0 Å². The van der Waals surface area contributed by atoms with Crippen LogP contribution in [0.4, 0.5) is 0 Å². The molecule has 21 heavy (non-hydrogen) atoms. The predicted molar refractivity (Wildman–Crippen MR) is 76.4 cm³/mol. The monoisotopic (exact) mass is 290 g/mol. The molecule has 3 aliphatic rings. The molecular formula is C17H22O4. The Morgan fingerprint density at radius 1 is 1.10 bits per heavy atom. The molecule has 0 radical (unpaired) electrons. The van der Waals surface area contributed by atoms with Crippen molar-refractivity contribution in [3.8, 4) is 5.75 Å². The molecule has 3 fully saturated rings. The zero-order chi connectivity index (χ0) is 14.9. The first-order valence-electron chi connectivity index (χ1n) is 7.63. The summed E-state index contributed by atoms with van der Waals surface area (Å²) < 4.78 is 6.16. The third kappa shape index (κ3) is 1.50. The average Bonchev–Trinajstić information content (AvgIpc) is 2.57. The molecule has 2 aliphatic heterocycles. The summed E-state index contributed by atoms with van der Waals surface area (Å²) in [7, 11) is 0. The van der Waals surface area contributed by atoms with Gasteiger partial charge in [-0.15, -0.1) is 0 Å². The van der Waals surface area contributed by atoms with Gasteiger partial charge in [0.1, 0.15) is 5.75 Å². The van der Waals surface area contributed by atoms with Gasteiger partial charge in [0, 0.05) is 11.0 Å². The number of aromatic hydroxyl groups is 1. The quantitative estimate of drug-likeness (QED) is 0.804. The van der Waals surface area contributed by atoms with Crippen molar-refractivity contribution in [1.82, 2.24) is 0 Å². The van der Waals surface area contributed by atoms with Gasteiger partial charge in [-0.1, -0.05) is 32.9 Å². The number of hydrogen-bond acceptors (Lipinski definition) is 4. The maximum Gasteiger partial charge on any atom is 0.261 e. The lowest BCUT2D eigenvalue weighted by Gasteiger charge is -2.60. The molecular weight excluding hydrogens is 268 g/mol. The van der Waals surface area contributed by atoms with Gasteiger partial charge >= 0.3 is 0 Å². The highest BCUT2D eigenvalue weighted by molar-refractivity contribution is 5.36. The van der Waals surface area contributed by atoms with Crippen molar-refractivity contribution in [3.63, 3.8) is 0 Å². The molecule has 0 amide bonds. The number of benzene rings is 1. The molecule has 1 N–H and O–H groups in total. The van der Waals surface area contributed by atoms with Crippen LogP contribution < -0.4 is 0 Å². The van der Waals surface area contributed by atoms with Gasteiger partial charge in [0.25, 0.3) is 5.79 Å². The molecule has 4 rings (SSSR count). The molecule has 4 nitrogen and oxygen atoms in total. The average molecular weight is 290 g/mol. The number of phenolic OH excluding ortho intramolecular Hbond substituents is 1. The first-order chi connectivity index (χ1) is 9.83. The second kappa shape index (κ2) is 3.80. The maximum absolute atomic E-state index is 9.81. The van der Waals surface area contributed by atoms with Crippen molar-refractivity contribution in [3.05, 3.63) is 29.8 Å². The zero-order valence-corrected chi connectivity index (χ0v) is 12.8. The van der Waals surface area contributed by atoms with E-state index in [-0.39, 0.29) is 16.6 Å². The van der Waals surface area contributed by atoms with Gasteiger partial charge in [-0.3, -0.25) is 0 Å². The molecule has 3 atom stereocenters. The number of rotatable bonds is 1. The van der Waals surface area contributed by atoms with Gasteiger partial charge in [-0.25, -0.2) is 4.89 Å². The van der Waals surface area contributed by atoms with Crippen LogP contribution in [0.15, 0.2) is 24.3 Å². The Bertz CT molecular complexity index is 598. The lowest BCUT2D eigenvalue weighted by atomic mass is 9.55. The smallest absolute Gasteiger partial charge is 0.261 e. The Morgan fingerprint density at radius 2 is 1.90 bits per heavy atom. The van der Waals surface area contributed by atoms with Crippen LogP contribution in [0, 0.1) is 10.8 Å². The molecule has 1 aliphatic carbocycles. The fourth-order valence-corrected chi connectivity index (χ4v) is 4.32. The van der Waals surface area contributed by atoms with E-state index in [1.165, 1.54) is 0 Å². The van der Waals surface area contributed by atoms with E-state index in [1.807, 2.05) is 12.1 Å². The Kier molecular flexibility index (Phi) is 2.46. The van der Waals surface area contributed by atoms with Crippen molar-refractivity contribution in [1.29, 1.82) is 0 Å². The van der Waals surface area contributed by atoms with Crippen molar-refractivity contribution in [2.75, 3.05) is 6.61 Å². The van der Waals surface area contributed by atoms with Gasteiger partial charge in [-0.2, -0.15) is 4.89 Å². The van der Waals surface area contributed by atoms with Crippen LogP contribution in [0.5, 0.6) is 5.75 Å². The van der Waals surface area contributed by atoms with Gasteiger partial charge in [-0.05, 0) is 36.8 Å². The lowest BCUT2D eigenvalue weighted by molar-refractivity contribution is -0.616. The summed E-state index contributed by atoms with van der Waals surface area (Å²) in [6.45, 7) is 7.40. The van der Waals surface area contributed by atoms with Crippen LogP contribution in [0.2, 0.25) is 0 Å². The van der Waals surface area contributed by atoms with E-state index in [0.29, 0.717) is 6.61 Å². The first kappa shape index (κ1) is 13.6. The van der Waals surface area contributed by atoms with Crippen LogP contribution in [-0.4, -0.2) is 17.3 Å². The molecule has 114 valence electrons. The van der Waals surface area contributed by atoms with E-state index >= 15 is 0 Å². The second-order valence-electron chi connectivity index (χ2n) is 7.85. The topological polar surface area (TPSA) is 47.9 Å². The second-order valence-corrected chi connectivity index (χ2v) is 7.85. The van der Waals surface area contributed by atoms with E-state index < -0.39 is 11.4 Å². The van der Waals surface area contributed by atoms with Gasteiger partial charge in [0.05, 0.1) is 6.61 Å². The molecule has 0 unspecified atom stereocenters. The largest absolute Gasteiger partial charge is 0.508 e. The molecule has 2 heterocycles. The summed E-state index contributed by atoms with van der Waals surface area (Å²) in [6, 6.07) is 7.14. The Labute approximate surface area is 124 Å². The third-order valence-corrected chi connectivity index (χ3v) is 5.71. The van der Waals surface area contributed by atoms with Gasteiger partial charge in [0.2, 0.25) is 0 Å². The SMILES string of the molecule is CC1(C)CC[C@]2(C)CO[C@@]3(c4cccc(O)c4)OO[C@@]23C1. The van der Waals surface area contributed by atoms with Crippen molar-refractivity contribution >= 4 is 0 Å². The predicted octanol–water partition coefficient (Wildman–Crippen LogP) is 3.49. The molecule has 4 heteroatoms. The van der Waals surface area contributed by atoms with Gasteiger partial charge in [0.15, 0.2) is 5.60 Å². The first-order valence-corrected chi connectivity index (χ1v) is 7.63. The van der Waals surface area contributed by atoms with Crippen molar-refractivity contribution in [2.45, 2.75) is 51.4 Å². The minimum Gasteiger partial charge on any atom is -0.508 e. The van der Waals surface area contributed by atoms with E-state index in [9.17, 15) is 5.11 Å². The molecule has 1 spiro atoms. The number of phenols is 1. The molecule has 2 saturated heterocycles. The molecule has 0 bridgehead atoms. The number of ether oxygens (including phenoxy) is 1. The summed E-state index contributed by atoms with van der Waals surface area (Å²) in [5, 5.41) is 9.81. The Morgan fingerprint density at radius 3 is 2.57 bits per heavy atom. The van der Waals surface area contributed by atoms with Crippen LogP contribution >= 0.6 is 0 Å². The molecule has 0 aromatic heterocycles.